The van der Waals surface area contributed by atoms with Crippen molar-refractivity contribution in [3.8, 4) is 0 Å². The van der Waals surface area contributed by atoms with Crippen molar-refractivity contribution in [2.24, 2.45) is 10.7 Å². The molecule has 2 N–H and O–H groups in total. The number of ether oxygens (including phenoxy) is 1. The summed E-state index contributed by atoms with van der Waals surface area (Å²) in [5.41, 5.74) is 6.59. The summed E-state index contributed by atoms with van der Waals surface area (Å²) in [5, 5.41) is 0. The Kier molecular flexibility index (Phi) is 3.38. The molecule has 4 nitrogen and oxygen atoms in total. The molecule has 0 saturated carbocycles. The zero-order chi connectivity index (χ0) is 13.2. The summed E-state index contributed by atoms with van der Waals surface area (Å²) < 4.78 is 19.5. The van der Waals surface area contributed by atoms with Gasteiger partial charge in [0.15, 0.2) is 5.96 Å². The van der Waals surface area contributed by atoms with Crippen LogP contribution in [0.1, 0.15) is 24.4 Å². The molecule has 3 rings (SSSR count). The average Bonchev–Trinajstić information content (AvgIpc) is 3.03. The Morgan fingerprint density at radius 2 is 2.26 bits per heavy atom. The first kappa shape index (κ1) is 12.4. The Morgan fingerprint density at radius 3 is 3.00 bits per heavy atom. The molecule has 0 spiro atoms. The minimum absolute atomic E-state index is 0.106. The molecule has 1 saturated heterocycles. The Labute approximate surface area is 112 Å². The van der Waals surface area contributed by atoms with E-state index in [4.69, 9.17) is 10.5 Å². The predicted molar refractivity (Wildman–Crippen MR) is 71.3 cm³/mol. The Morgan fingerprint density at radius 1 is 1.42 bits per heavy atom. The van der Waals surface area contributed by atoms with Gasteiger partial charge in [-0.1, -0.05) is 18.2 Å². The summed E-state index contributed by atoms with van der Waals surface area (Å²) in [5.74, 6) is 0.290. The van der Waals surface area contributed by atoms with Crippen molar-refractivity contribution >= 4 is 5.96 Å². The van der Waals surface area contributed by atoms with Gasteiger partial charge in [-0.05, 0) is 18.9 Å². The highest BCUT2D eigenvalue weighted by atomic mass is 19.1. The minimum Gasteiger partial charge on any atom is -0.376 e. The lowest BCUT2D eigenvalue weighted by molar-refractivity contribution is 0.0849. The van der Waals surface area contributed by atoms with Gasteiger partial charge >= 0.3 is 0 Å². The van der Waals surface area contributed by atoms with E-state index in [0.29, 0.717) is 24.6 Å². The van der Waals surface area contributed by atoms with Crippen LogP contribution in [0.4, 0.5) is 4.39 Å². The van der Waals surface area contributed by atoms with E-state index in [1.54, 1.807) is 12.1 Å². The molecule has 1 fully saturated rings. The number of hydrogen-bond acceptors (Lipinski definition) is 4. The molecular formula is C14H18FN3O. The number of guanidine groups is 1. The van der Waals surface area contributed by atoms with Gasteiger partial charge in [0.2, 0.25) is 0 Å². The number of hydrogen-bond donors (Lipinski definition) is 1. The third-order valence-corrected chi connectivity index (χ3v) is 3.79. The fourth-order valence-electron chi connectivity index (χ4n) is 2.77. The van der Waals surface area contributed by atoms with Crippen molar-refractivity contribution in [1.29, 1.82) is 0 Å². The summed E-state index contributed by atoms with van der Waals surface area (Å²) in [6, 6.07) is 6.72. The average molecular weight is 263 g/mol. The summed E-state index contributed by atoms with van der Waals surface area (Å²) >= 11 is 0. The van der Waals surface area contributed by atoms with Gasteiger partial charge in [0.1, 0.15) is 5.82 Å². The van der Waals surface area contributed by atoms with E-state index >= 15 is 0 Å². The quantitative estimate of drug-likeness (QED) is 0.902. The second kappa shape index (κ2) is 5.17. The molecule has 0 radical (unpaired) electrons. The van der Waals surface area contributed by atoms with Crippen LogP contribution >= 0.6 is 0 Å². The molecule has 102 valence electrons. The molecule has 2 unspecified atom stereocenters. The molecule has 19 heavy (non-hydrogen) atoms. The number of nitrogens with zero attached hydrogens (tertiary/aromatic N) is 2. The largest absolute Gasteiger partial charge is 0.376 e. The van der Waals surface area contributed by atoms with Crippen molar-refractivity contribution in [2.45, 2.75) is 25.0 Å². The van der Waals surface area contributed by atoms with Crippen LogP contribution in [0.3, 0.4) is 0 Å². The van der Waals surface area contributed by atoms with Gasteiger partial charge in [0.05, 0.1) is 18.7 Å². The maximum Gasteiger partial charge on any atom is 0.192 e. The number of nitrogens with two attached hydrogens (primary N) is 1. The molecule has 5 heteroatoms. The number of halogens is 1. The van der Waals surface area contributed by atoms with Gasteiger partial charge in [-0.2, -0.15) is 0 Å². The fraction of sp³-hybridized carbons (Fsp3) is 0.500. The molecule has 2 heterocycles. The first-order chi connectivity index (χ1) is 9.25. The van der Waals surface area contributed by atoms with Crippen LogP contribution < -0.4 is 5.73 Å². The first-order valence-corrected chi connectivity index (χ1v) is 6.68. The molecular weight excluding hydrogens is 245 g/mol. The highest BCUT2D eigenvalue weighted by Crippen LogP contribution is 2.28. The molecule has 0 aliphatic carbocycles. The fourth-order valence-corrected chi connectivity index (χ4v) is 2.77. The van der Waals surface area contributed by atoms with Gasteiger partial charge in [0, 0.05) is 18.7 Å². The highest BCUT2D eigenvalue weighted by molar-refractivity contribution is 5.80. The van der Waals surface area contributed by atoms with E-state index in [0.717, 1.165) is 19.4 Å². The van der Waals surface area contributed by atoms with Crippen molar-refractivity contribution in [1.82, 2.24) is 4.90 Å². The van der Waals surface area contributed by atoms with Crippen LogP contribution in [0, 0.1) is 5.82 Å². The summed E-state index contributed by atoms with van der Waals surface area (Å²) in [6.45, 7) is 2.01. The van der Waals surface area contributed by atoms with E-state index in [2.05, 4.69) is 4.99 Å². The molecule has 0 amide bonds. The van der Waals surface area contributed by atoms with E-state index in [-0.39, 0.29) is 18.0 Å². The molecule has 1 aromatic carbocycles. The number of aliphatic imine (C=N–C) groups is 1. The van der Waals surface area contributed by atoms with Crippen LogP contribution in [-0.2, 0) is 4.74 Å². The monoisotopic (exact) mass is 263 g/mol. The summed E-state index contributed by atoms with van der Waals surface area (Å²) in [7, 11) is 0. The van der Waals surface area contributed by atoms with Crippen LogP contribution in [0.2, 0.25) is 0 Å². The van der Waals surface area contributed by atoms with Crippen molar-refractivity contribution in [3.63, 3.8) is 0 Å². The van der Waals surface area contributed by atoms with Crippen molar-refractivity contribution < 1.29 is 9.13 Å². The standard InChI is InChI=1S/C14H18FN3O/c15-12-6-2-1-5-11(12)13-8-17-14(16)18(13)9-10-4-3-7-19-10/h1-2,5-6,10,13H,3-4,7-9H2,(H2,16,17). The molecule has 1 aromatic rings. The van der Waals surface area contributed by atoms with Crippen molar-refractivity contribution in [2.75, 3.05) is 19.7 Å². The number of benzene rings is 1. The number of rotatable bonds is 3. The Bertz CT molecular complexity index is 485. The molecule has 0 bridgehead atoms. The van der Waals surface area contributed by atoms with Crippen molar-refractivity contribution in [3.05, 3.63) is 35.6 Å². The van der Waals surface area contributed by atoms with E-state index < -0.39 is 0 Å². The Hall–Kier alpha value is -1.62. The summed E-state index contributed by atoms with van der Waals surface area (Å²) in [4.78, 5) is 6.22. The Balaban J connectivity index is 1.79. The minimum atomic E-state index is -0.199. The molecule has 2 atom stereocenters. The second-order valence-corrected chi connectivity index (χ2v) is 5.02. The van der Waals surface area contributed by atoms with Gasteiger partial charge < -0.3 is 15.4 Å². The van der Waals surface area contributed by atoms with E-state index in [9.17, 15) is 4.39 Å². The SMILES string of the molecule is NC1=NCC(c2ccccc2F)N1CC1CCCO1. The normalized spacial score (nSPS) is 26.8. The van der Waals surface area contributed by atoms with Crippen LogP contribution in [0.15, 0.2) is 29.3 Å². The second-order valence-electron chi connectivity index (χ2n) is 5.02. The summed E-state index contributed by atoms with van der Waals surface area (Å²) in [6.07, 6.45) is 2.30. The third-order valence-electron chi connectivity index (χ3n) is 3.79. The smallest absolute Gasteiger partial charge is 0.192 e. The lowest BCUT2D eigenvalue weighted by atomic mass is 10.0. The highest BCUT2D eigenvalue weighted by Gasteiger charge is 2.32. The van der Waals surface area contributed by atoms with Crippen LogP contribution in [0.5, 0.6) is 0 Å². The molecule has 2 aliphatic heterocycles. The molecule has 2 aliphatic rings. The lowest BCUT2D eigenvalue weighted by Gasteiger charge is -2.29. The van der Waals surface area contributed by atoms with Crippen LogP contribution in [0.25, 0.3) is 0 Å². The van der Waals surface area contributed by atoms with Gasteiger partial charge in [-0.15, -0.1) is 0 Å². The topological polar surface area (TPSA) is 50.8 Å². The predicted octanol–water partition coefficient (Wildman–Crippen LogP) is 1.68. The first-order valence-electron chi connectivity index (χ1n) is 6.68. The maximum atomic E-state index is 13.9. The van der Waals surface area contributed by atoms with Gasteiger partial charge in [-0.25, -0.2) is 4.39 Å². The van der Waals surface area contributed by atoms with Crippen LogP contribution in [-0.4, -0.2) is 36.7 Å². The maximum absolute atomic E-state index is 13.9. The lowest BCUT2D eigenvalue weighted by Crippen LogP contribution is -2.41. The van der Waals surface area contributed by atoms with E-state index in [1.165, 1.54) is 6.07 Å². The van der Waals surface area contributed by atoms with E-state index in [1.807, 2.05) is 11.0 Å². The molecule has 0 aromatic heterocycles. The zero-order valence-corrected chi connectivity index (χ0v) is 10.8. The van der Waals surface area contributed by atoms with Gasteiger partial charge in [0.25, 0.3) is 0 Å². The third kappa shape index (κ3) is 2.42. The zero-order valence-electron chi connectivity index (χ0n) is 10.8. The van der Waals surface area contributed by atoms with Gasteiger partial charge in [-0.3, -0.25) is 4.99 Å².